The van der Waals surface area contributed by atoms with Crippen LogP contribution in [0.2, 0.25) is 0 Å². The van der Waals surface area contributed by atoms with Crippen LogP contribution in [0.4, 0.5) is 0 Å². The van der Waals surface area contributed by atoms with Gasteiger partial charge in [0.2, 0.25) is 0 Å². The summed E-state index contributed by atoms with van der Waals surface area (Å²) in [5.74, 6) is 3.27. The SMILES string of the molecule is CCOc1ccc(OCCSc2nnc(-c3ccccc3)n2-c2ccccc2)cc1. The fourth-order valence-electron chi connectivity index (χ4n) is 3.04. The van der Waals surface area contributed by atoms with Crippen LogP contribution >= 0.6 is 11.8 Å². The molecular weight excluding hydrogens is 394 g/mol. The first-order valence-corrected chi connectivity index (χ1v) is 10.9. The van der Waals surface area contributed by atoms with Crippen molar-refractivity contribution in [3.63, 3.8) is 0 Å². The molecule has 152 valence electrons. The van der Waals surface area contributed by atoms with Crippen LogP contribution in [-0.2, 0) is 0 Å². The first-order chi connectivity index (χ1) is 14.8. The van der Waals surface area contributed by atoms with Gasteiger partial charge in [0, 0.05) is 17.0 Å². The third-order valence-electron chi connectivity index (χ3n) is 4.40. The fraction of sp³-hybridized carbons (Fsp3) is 0.167. The lowest BCUT2D eigenvalue weighted by atomic mass is 10.2. The Morgan fingerprint density at radius 2 is 1.40 bits per heavy atom. The molecule has 4 aromatic rings. The third-order valence-corrected chi connectivity index (χ3v) is 5.29. The summed E-state index contributed by atoms with van der Waals surface area (Å²) in [4.78, 5) is 0. The van der Waals surface area contributed by atoms with Gasteiger partial charge in [-0.25, -0.2) is 0 Å². The van der Waals surface area contributed by atoms with Crippen LogP contribution < -0.4 is 9.47 Å². The average Bonchev–Trinajstić information content (AvgIpc) is 3.23. The number of rotatable bonds is 9. The van der Waals surface area contributed by atoms with Gasteiger partial charge in [-0.3, -0.25) is 4.57 Å². The van der Waals surface area contributed by atoms with Gasteiger partial charge in [0.25, 0.3) is 0 Å². The number of nitrogens with zero attached hydrogens (tertiary/aromatic N) is 3. The molecule has 0 radical (unpaired) electrons. The van der Waals surface area contributed by atoms with Gasteiger partial charge in [-0.15, -0.1) is 10.2 Å². The summed E-state index contributed by atoms with van der Waals surface area (Å²) in [6, 6.07) is 28.0. The zero-order valence-corrected chi connectivity index (χ0v) is 17.6. The molecule has 4 rings (SSSR count). The highest BCUT2D eigenvalue weighted by molar-refractivity contribution is 7.99. The molecule has 6 heteroatoms. The molecule has 0 aliphatic carbocycles. The summed E-state index contributed by atoms with van der Waals surface area (Å²) in [7, 11) is 0. The van der Waals surface area contributed by atoms with Crippen LogP contribution in [0, 0.1) is 0 Å². The van der Waals surface area contributed by atoms with Crippen molar-refractivity contribution < 1.29 is 9.47 Å². The molecule has 0 amide bonds. The quantitative estimate of drug-likeness (QED) is 0.266. The van der Waals surface area contributed by atoms with E-state index in [-0.39, 0.29) is 0 Å². The summed E-state index contributed by atoms with van der Waals surface area (Å²) in [6.45, 7) is 3.20. The molecular formula is C24H23N3O2S. The van der Waals surface area contributed by atoms with Crippen LogP contribution in [-0.4, -0.2) is 33.7 Å². The van der Waals surface area contributed by atoms with E-state index in [1.165, 1.54) is 0 Å². The van der Waals surface area contributed by atoms with Gasteiger partial charge >= 0.3 is 0 Å². The highest BCUT2D eigenvalue weighted by Crippen LogP contribution is 2.28. The van der Waals surface area contributed by atoms with E-state index in [4.69, 9.17) is 9.47 Å². The average molecular weight is 418 g/mol. The van der Waals surface area contributed by atoms with Crippen molar-refractivity contribution in [2.75, 3.05) is 19.0 Å². The Bertz CT molecular complexity index is 1050. The van der Waals surface area contributed by atoms with Crippen molar-refractivity contribution in [2.45, 2.75) is 12.1 Å². The number of hydrogen-bond acceptors (Lipinski definition) is 5. The van der Waals surface area contributed by atoms with Crippen molar-refractivity contribution in [3.8, 4) is 28.6 Å². The molecule has 0 saturated carbocycles. The molecule has 0 saturated heterocycles. The summed E-state index contributed by atoms with van der Waals surface area (Å²) in [5.41, 5.74) is 2.07. The van der Waals surface area contributed by atoms with Crippen LogP contribution in [0.5, 0.6) is 11.5 Å². The van der Waals surface area contributed by atoms with E-state index in [0.29, 0.717) is 13.2 Å². The predicted octanol–water partition coefficient (Wildman–Crippen LogP) is 5.50. The number of para-hydroxylation sites is 1. The molecule has 0 aliphatic heterocycles. The largest absolute Gasteiger partial charge is 0.494 e. The smallest absolute Gasteiger partial charge is 0.196 e. The first-order valence-electron chi connectivity index (χ1n) is 9.90. The minimum atomic E-state index is 0.570. The normalized spacial score (nSPS) is 10.7. The van der Waals surface area contributed by atoms with Crippen LogP contribution in [0.25, 0.3) is 17.1 Å². The Labute approximate surface area is 180 Å². The zero-order chi connectivity index (χ0) is 20.6. The fourth-order valence-corrected chi connectivity index (χ4v) is 3.81. The van der Waals surface area contributed by atoms with E-state index in [1.54, 1.807) is 11.8 Å². The number of hydrogen-bond donors (Lipinski definition) is 0. The maximum Gasteiger partial charge on any atom is 0.196 e. The molecule has 1 heterocycles. The van der Waals surface area contributed by atoms with E-state index in [0.717, 1.165) is 39.5 Å². The summed E-state index contributed by atoms with van der Waals surface area (Å²) >= 11 is 1.63. The van der Waals surface area contributed by atoms with Gasteiger partial charge in [-0.2, -0.15) is 0 Å². The van der Waals surface area contributed by atoms with E-state index in [1.807, 2.05) is 79.7 Å². The first kappa shape index (κ1) is 20.0. The Morgan fingerprint density at radius 3 is 2.07 bits per heavy atom. The Balaban J connectivity index is 1.46. The molecule has 0 fully saturated rings. The molecule has 3 aromatic carbocycles. The molecule has 0 unspecified atom stereocenters. The van der Waals surface area contributed by atoms with Crippen LogP contribution in [0.1, 0.15) is 6.92 Å². The lowest BCUT2D eigenvalue weighted by Gasteiger charge is -2.11. The monoisotopic (exact) mass is 417 g/mol. The number of ether oxygens (including phenoxy) is 2. The van der Waals surface area contributed by atoms with Crippen molar-refractivity contribution in [1.82, 2.24) is 14.8 Å². The third kappa shape index (κ3) is 4.83. The van der Waals surface area contributed by atoms with E-state index in [2.05, 4.69) is 26.9 Å². The number of aromatic nitrogens is 3. The molecule has 0 spiro atoms. The minimum absolute atomic E-state index is 0.570. The van der Waals surface area contributed by atoms with Gasteiger partial charge in [-0.1, -0.05) is 60.3 Å². The molecule has 0 aliphatic rings. The van der Waals surface area contributed by atoms with Gasteiger partial charge < -0.3 is 9.47 Å². The van der Waals surface area contributed by atoms with Crippen molar-refractivity contribution in [3.05, 3.63) is 84.9 Å². The number of thioether (sulfide) groups is 1. The molecule has 0 bridgehead atoms. The molecule has 0 N–H and O–H groups in total. The van der Waals surface area contributed by atoms with E-state index < -0.39 is 0 Å². The van der Waals surface area contributed by atoms with Crippen molar-refractivity contribution in [1.29, 1.82) is 0 Å². The van der Waals surface area contributed by atoms with Gasteiger partial charge in [0.05, 0.1) is 13.2 Å². The Hall–Kier alpha value is -3.25. The highest BCUT2D eigenvalue weighted by atomic mass is 32.2. The van der Waals surface area contributed by atoms with E-state index in [9.17, 15) is 0 Å². The topological polar surface area (TPSA) is 49.2 Å². The maximum absolute atomic E-state index is 5.86. The molecule has 0 atom stereocenters. The second-order valence-electron chi connectivity index (χ2n) is 6.44. The van der Waals surface area contributed by atoms with E-state index >= 15 is 0 Å². The van der Waals surface area contributed by atoms with Gasteiger partial charge in [-0.05, 0) is 43.3 Å². The molecule has 5 nitrogen and oxygen atoms in total. The highest BCUT2D eigenvalue weighted by Gasteiger charge is 2.15. The molecule has 30 heavy (non-hydrogen) atoms. The summed E-state index contributed by atoms with van der Waals surface area (Å²) in [5, 5.41) is 9.76. The Kier molecular flexibility index (Phi) is 6.67. The summed E-state index contributed by atoms with van der Waals surface area (Å²) < 4.78 is 13.4. The minimum Gasteiger partial charge on any atom is -0.494 e. The Morgan fingerprint density at radius 1 is 0.767 bits per heavy atom. The van der Waals surface area contributed by atoms with Gasteiger partial charge in [0.15, 0.2) is 11.0 Å². The maximum atomic E-state index is 5.86. The molecule has 1 aromatic heterocycles. The van der Waals surface area contributed by atoms with Crippen LogP contribution in [0.3, 0.4) is 0 Å². The lowest BCUT2D eigenvalue weighted by Crippen LogP contribution is -2.03. The number of benzene rings is 3. The van der Waals surface area contributed by atoms with Gasteiger partial charge in [0.1, 0.15) is 11.5 Å². The second kappa shape index (κ2) is 9.98. The summed E-state index contributed by atoms with van der Waals surface area (Å²) in [6.07, 6.45) is 0. The van der Waals surface area contributed by atoms with Crippen LogP contribution in [0.15, 0.2) is 90.1 Å². The standard InChI is InChI=1S/C24H23N3O2S/c1-2-28-21-13-15-22(16-14-21)29-17-18-30-24-26-25-23(19-9-5-3-6-10-19)27(24)20-11-7-4-8-12-20/h3-16H,2,17-18H2,1H3. The van der Waals surface area contributed by atoms with Crippen molar-refractivity contribution >= 4 is 11.8 Å². The second-order valence-corrected chi connectivity index (χ2v) is 7.51. The lowest BCUT2D eigenvalue weighted by molar-refractivity contribution is 0.332. The zero-order valence-electron chi connectivity index (χ0n) is 16.8. The predicted molar refractivity (Wildman–Crippen MR) is 121 cm³/mol. The van der Waals surface area contributed by atoms with Crippen molar-refractivity contribution in [2.24, 2.45) is 0 Å².